The molecule has 1 aromatic carbocycles. The summed E-state index contributed by atoms with van der Waals surface area (Å²) in [4.78, 5) is 24.9. The van der Waals surface area contributed by atoms with Crippen molar-refractivity contribution in [1.29, 1.82) is 0 Å². The number of carbonyl (C=O) groups excluding carboxylic acids is 1. The van der Waals surface area contributed by atoms with E-state index >= 15 is 0 Å². The molecule has 1 amide bonds. The third-order valence-corrected chi connectivity index (χ3v) is 5.70. The molecule has 0 bridgehead atoms. The fraction of sp³-hybridized carbons (Fsp3) is 0.435. The molecule has 0 atom stereocenters. The molecule has 8 heteroatoms. The number of anilines is 2. The summed E-state index contributed by atoms with van der Waals surface area (Å²) >= 11 is 0. The normalized spacial score (nSPS) is 16.4. The average molecular weight is 534 g/mol. The molecule has 2 saturated heterocycles. The summed E-state index contributed by atoms with van der Waals surface area (Å²) in [6, 6.07) is 12.4. The van der Waals surface area contributed by atoms with Crippen LogP contribution < -0.4 is 20.4 Å². The molecule has 31 heavy (non-hydrogen) atoms. The summed E-state index contributed by atoms with van der Waals surface area (Å²) < 4.78 is 0. The minimum Gasteiger partial charge on any atom is -0.357 e. The molecule has 2 fully saturated rings. The second-order valence-electron chi connectivity index (χ2n) is 7.81. The van der Waals surface area contributed by atoms with Crippen LogP contribution >= 0.6 is 24.0 Å². The number of aromatic nitrogens is 1. The molecule has 2 aliphatic heterocycles. The molecule has 2 aliphatic rings. The van der Waals surface area contributed by atoms with Gasteiger partial charge in [-0.05, 0) is 54.7 Å². The zero-order valence-electron chi connectivity index (χ0n) is 18.0. The lowest BCUT2D eigenvalue weighted by molar-refractivity contribution is -0.117. The van der Waals surface area contributed by atoms with Gasteiger partial charge in [0.1, 0.15) is 5.82 Å². The fourth-order valence-corrected chi connectivity index (χ4v) is 4.00. The number of carbonyl (C=O) groups is 1. The smallest absolute Gasteiger partial charge is 0.227 e. The zero-order chi connectivity index (χ0) is 20.8. The third kappa shape index (κ3) is 6.09. The maximum atomic E-state index is 11.9. The highest BCUT2D eigenvalue weighted by Crippen LogP contribution is 2.21. The highest BCUT2D eigenvalue weighted by molar-refractivity contribution is 14.0. The number of nitrogens with zero attached hydrogens (tertiary/aromatic N) is 4. The van der Waals surface area contributed by atoms with Gasteiger partial charge in [0.25, 0.3) is 0 Å². The second-order valence-corrected chi connectivity index (χ2v) is 7.81. The first-order chi connectivity index (χ1) is 14.7. The Balaban J connectivity index is 0.00000272. The standard InChI is InChI=1S/C23H30N6O.HI/c1-24-23(27-17-19-10-11-25-21(15-19)28-12-2-3-13-28)26-16-18-6-8-20(9-7-18)29-14-4-5-22(29)30;/h6-11,15H,2-5,12-14,16-17H2,1H3,(H2,24,26,27);1H. The van der Waals surface area contributed by atoms with Crippen molar-refractivity contribution in [1.82, 2.24) is 15.6 Å². The van der Waals surface area contributed by atoms with E-state index in [0.29, 0.717) is 19.5 Å². The Morgan fingerprint density at radius 2 is 1.71 bits per heavy atom. The number of amides is 1. The molecule has 0 spiro atoms. The minimum absolute atomic E-state index is 0. The van der Waals surface area contributed by atoms with E-state index in [1.54, 1.807) is 7.05 Å². The summed E-state index contributed by atoms with van der Waals surface area (Å²) in [6.45, 7) is 4.37. The van der Waals surface area contributed by atoms with Gasteiger partial charge in [-0.1, -0.05) is 12.1 Å². The Labute approximate surface area is 201 Å². The van der Waals surface area contributed by atoms with Crippen LogP contribution in [0.5, 0.6) is 0 Å². The van der Waals surface area contributed by atoms with Gasteiger partial charge in [0.05, 0.1) is 0 Å². The zero-order valence-corrected chi connectivity index (χ0v) is 20.3. The number of nitrogens with one attached hydrogen (secondary N) is 2. The van der Waals surface area contributed by atoms with Gasteiger partial charge < -0.3 is 20.4 Å². The van der Waals surface area contributed by atoms with Crippen LogP contribution in [0, 0.1) is 0 Å². The number of benzene rings is 1. The molecular formula is C23H31IN6O. The predicted octanol–water partition coefficient (Wildman–Crippen LogP) is 3.29. The summed E-state index contributed by atoms with van der Waals surface area (Å²) in [6.07, 6.45) is 5.98. The molecule has 7 nitrogen and oxygen atoms in total. The number of pyridine rings is 1. The Morgan fingerprint density at radius 1 is 1.00 bits per heavy atom. The van der Waals surface area contributed by atoms with Crippen LogP contribution in [0.25, 0.3) is 0 Å². The van der Waals surface area contributed by atoms with Crippen molar-refractivity contribution >= 4 is 47.3 Å². The first-order valence-electron chi connectivity index (χ1n) is 10.8. The first kappa shape index (κ1) is 23.3. The summed E-state index contributed by atoms with van der Waals surface area (Å²) in [5.74, 6) is 2.04. The van der Waals surface area contributed by atoms with Crippen LogP contribution in [0.15, 0.2) is 47.6 Å². The van der Waals surface area contributed by atoms with Gasteiger partial charge in [-0.15, -0.1) is 24.0 Å². The summed E-state index contributed by atoms with van der Waals surface area (Å²) in [7, 11) is 1.78. The number of halogens is 1. The fourth-order valence-electron chi connectivity index (χ4n) is 4.00. The lowest BCUT2D eigenvalue weighted by Crippen LogP contribution is -2.36. The third-order valence-electron chi connectivity index (χ3n) is 5.70. The quantitative estimate of drug-likeness (QED) is 0.338. The molecule has 1 aromatic heterocycles. The predicted molar refractivity (Wildman–Crippen MR) is 136 cm³/mol. The number of hydrogen-bond acceptors (Lipinski definition) is 4. The topological polar surface area (TPSA) is 72.9 Å². The lowest BCUT2D eigenvalue weighted by atomic mass is 10.2. The second kappa shape index (κ2) is 11.3. The number of hydrogen-bond donors (Lipinski definition) is 2. The van der Waals surface area contributed by atoms with E-state index in [1.807, 2.05) is 29.3 Å². The highest BCUT2D eigenvalue weighted by Gasteiger charge is 2.21. The van der Waals surface area contributed by atoms with E-state index in [4.69, 9.17) is 0 Å². The highest BCUT2D eigenvalue weighted by atomic mass is 127. The molecule has 2 N–H and O–H groups in total. The van der Waals surface area contributed by atoms with Gasteiger partial charge in [-0.2, -0.15) is 0 Å². The van der Waals surface area contributed by atoms with E-state index < -0.39 is 0 Å². The molecule has 0 saturated carbocycles. The van der Waals surface area contributed by atoms with Gasteiger partial charge >= 0.3 is 0 Å². The van der Waals surface area contributed by atoms with Crippen LogP contribution in [0.4, 0.5) is 11.5 Å². The lowest BCUT2D eigenvalue weighted by Gasteiger charge is -2.18. The number of aliphatic imine (C=N–C) groups is 1. The van der Waals surface area contributed by atoms with Crippen molar-refractivity contribution in [2.24, 2.45) is 4.99 Å². The van der Waals surface area contributed by atoms with Crippen LogP contribution in [0.1, 0.15) is 36.8 Å². The van der Waals surface area contributed by atoms with E-state index in [9.17, 15) is 4.79 Å². The SMILES string of the molecule is CN=C(NCc1ccc(N2CCCC2=O)cc1)NCc1ccnc(N2CCCC2)c1.I. The van der Waals surface area contributed by atoms with Crippen molar-refractivity contribution in [2.45, 2.75) is 38.8 Å². The molecule has 4 rings (SSSR count). The number of guanidine groups is 1. The van der Waals surface area contributed by atoms with Crippen molar-refractivity contribution in [3.05, 3.63) is 53.7 Å². The Bertz CT molecular complexity index is 895. The average Bonchev–Trinajstić information content (AvgIpc) is 3.47. The van der Waals surface area contributed by atoms with Gasteiger partial charge in [0.2, 0.25) is 5.91 Å². The van der Waals surface area contributed by atoms with E-state index in [1.165, 1.54) is 18.4 Å². The van der Waals surface area contributed by atoms with Crippen molar-refractivity contribution in [3.63, 3.8) is 0 Å². The van der Waals surface area contributed by atoms with Crippen LogP contribution in [-0.4, -0.2) is 43.5 Å². The van der Waals surface area contributed by atoms with Gasteiger partial charge in [-0.3, -0.25) is 9.79 Å². The summed E-state index contributed by atoms with van der Waals surface area (Å²) in [5.41, 5.74) is 3.32. The van der Waals surface area contributed by atoms with Crippen LogP contribution in [0.2, 0.25) is 0 Å². The van der Waals surface area contributed by atoms with E-state index in [2.05, 4.69) is 43.7 Å². The van der Waals surface area contributed by atoms with Crippen molar-refractivity contribution < 1.29 is 4.79 Å². The molecule has 0 radical (unpaired) electrons. The van der Waals surface area contributed by atoms with Gasteiger partial charge in [0, 0.05) is 58.1 Å². The molecule has 2 aromatic rings. The molecule has 0 unspecified atom stereocenters. The van der Waals surface area contributed by atoms with Gasteiger partial charge in [0.15, 0.2) is 5.96 Å². The Kier molecular flexibility index (Phi) is 8.51. The molecule has 166 valence electrons. The van der Waals surface area contributed by atoms with Gasteiger partial charge in [-0.25, -0.2) is 4.98 Å². The largest absolute Gasteiger partial charge is 0.357 e. The van der Waals surface area contributed by atoms with Crippen molar-refractivity contribution in [2.75, 3.05) is 36.5 Å². The maximum Gasteiger partial charge on any atom is 0.227 e. The monoisotopic (exact) mass is 534 g/mol. The van der Waals surface area contributed by atoms with E-state index in [-0.39, 0.29) is 29.9 Å². The van der Waals surface area contributed by atoms with Crippen LogP contribution in [-0.2, 0) is 17.9 Å². The molecule has 3 heterocycles. The van der Waals surface area contributed by atoms with E-state index in [0.717, 1.165) is 49.1 Å². The Morgan fingerprint density at radius 3 is 2.35 bits per heavy atom. The van der Waals surface area contributed by atoms with Crippen LogP contribution in [0.3, 0.4) is 0 Å². The Hall–Kier alpha value is -2.36. The maximum absolute atomic E-state index is 11.9. The van der Waals surface area contributed by atoms with Crippen molar-refractivity contribution in [3.8, 4) is 0 Å². The molecule has 0 aliphatic carbocycles. The number of rotatable bonds is 6. The molecular weight excluding hydrogens is 503 g/mol. The summed E-state index contributed by atoms with van der Waals surface area (Å²) in [5, 5.41) is 6.73. The first-order valence-corrected chi connectivity index (χ1v) is 10.8. The minimum atomic E-state index is 0.